The molecule has 34 heavy (non-hydrogen) atoms. The van der Waals surface area contributed by atoms with Crippen LogP contribution in [-0.2, 0) is 23.7 Å². The summed E-state index contributed by atoms with van der Waals surface area (Å²) in [5.41, 5.74) is 0. The molecule has 3 heterocycles. The smallest absolute Gasteiger partial charge is 0.189 e. The summed E-state index contributed by atoms with van der Waals surface area (Å²) in [6.07, 6.45) is -24.9. The standard InChI is InChI=1S/C18H32O16/c19-1-4-7(21)10(24)13(27)16(31-4)30-3-6-9(23)12(26)15(29)18(33-6)34-17-14(28)11(25)8(22)5(2-20)32-17/h4-29H,1-3H2/t4-,5-,6-,7-,8-,9-,10+,11+,12+,13+,14-,15-,16+,17-,18-/m1/s1. The van der Waals surface area contributed by atoms with Gasteiger partial charge < -0.3 is 79.9 Å². The van der Waals surface area contributed by atoms with Gasteiger partial charge in [-0.25, -0.2) is 0 Å². The van der Waals surface area contributed by atoms with Gasteiger partial charge >= 0.3 is 0 Å². The van der Waals surface area contributed by atoms with Crippen LogP contribution in [0.15, 0.2) is 0 Å². The van der Waals surface area contributed by atoms with Crippen molar-refractivity contribution in [2.24, 2.45) is 0 Å². The van der Waals surface area contributed by atoms with Crippen LogP contribution in [0, 0.1) is 0 Å². The fraction of sp³-hybridized carbons (Fsp3) is 1.00. The van der Waals surface area contributed by atoms with E-state index in [4.69, 9.17) is 23.7 Å². The van der Waals surface area contributed by atoms with E-state index in [2.05, 4.69) is 0 Å². The van der Waals surface area contributed by atoms with E-state index in [0.29, 0.717) is 0 Å². The summed E-state index contributed by atoms with van der Waals surface area (Å²) in [4.78, 5) is 0. The lowest BCUT2D eigenvalue weighted by Gasteiger charge is -2.45. The maximum atomic E-state index is 10.2. The molecule has 0 saturated carbocycles. The highest BCUT2D eigenvalue weighted by Gasteiger charge is 2.50. The van der Waals surface area contributed by atoms with Crippen molar-refractivity contribution in [2.75, 3.05) is 19.8 Å². The van der Waals surface area contributed by atoms with Gasteiger partial charge in [0.25, 0.3) is 0 Å². The molecule has 16 nitrogen and oxygen atoms in total. The summed E-state index contributed by atoms with van der Waals surface area (Å²) < 4.78 is 26.3. The van der Waals surface area contributed by atoms with E-state index in [1.54, 1.807) is 0 Å². The Balaban J connectivity index is 1.64. The van der Waals surface area contributed by atoms with Gasteiger partial charge in [0.15, 0.2) is 18.9 Å². The molecule has 15 atom stereocenters. The Hall–Kier alpha value is -0.640. The van der Waals surface area contributed by atoms with E-state index in [-0.39, 0.29) is 0 Å². The maximum absolute atomic E-state index is 10.2. The topological polar surface area (TPSA) is 269 Å². The average molecular weight is 504 g/mol. The van der Waals surface area contributed by atoms with Crippen LogP contribution in [0.1, 0.15) is 0 Å². The number of aliphatic hydroxyl groups is 11. The highest BCUT2D eigenvalue weighted by atomic mass is 16.8. The summed E-state index contributed by atoms with van der Waals surface area (Å²) in [5.74, 6) is 0. The summed E-state index contributed by atoms with van der Waals surface area (Å²) in [7, 11) is 0. The fourth-order valence-electron chi connectivity index (χ4n) is 3.87. The third kappa shape index (κ3) is 5.52. The highest BCUT2D eigenvalue weighted by molar-refractivity contribution is 4.93. The molecule has 0 amide bonds. The molecule has 3 aliphatic heterocycles. The maximum Gasteiger partial charge on any atom is 0.189 e. The fourth-order valence-corrected chi connectivity index (χ4v) is 3.87. The molecule has 3 saturated heterocycles. The Kier molecular flexibility index (Phi) is 9.54. The second-order valence-corrected chi connectivity index (χ2v) is 8.38. The monoisotopic (exact) mass is 504 g/mol. The Morgan fingerprint density at radius 1 is 0.441 bits per heavy atom. The van der Waals surface area contributed by atoms with Crippen molar-refractivity contribution in [3.63, 3.8) is 0 Å². The molecule has 0 unspecified atom stereocenters. The Labute approximate surface area is 192 Å². The minimum Gasteiger partial charge on any atom is -0.394 e. The quantitative estimate of drug-likeness (QED) is 0.154. The SMILES string of the molecule is OC[C@H]1O[C@H](OC[C@H]2O[C@H](O[C@H]3O[C@H](CO)[C@@H](O)[C@H](O)[C@H]3O)[C@H](O)[C@@H](O)[C@@H]2O)[C@@H](O)[C@@H](O)[C@@H]1O. The van der Waals surface area contributed by atoms with Gasteiger partial charge in [-0.15, -0.1) is 0 Å². The Morgan fingerprint density at radius 3 is 1.24 bits per heavy atom. The molecular formula is C18H32O16. The predicted molar refractivity (Wildman–Crippen MR) is 101 cm³/mol. The third-order valence-electron chi connectivity index (χ3n) is 6.06. The van der Waals surface area contributed by atoms with Crippen molar-refractivity contribution in [3.05, 3.63) is 0 Å². The van der Waals surface area contributed by atoms with Crippen molar-refractivity contribution in [1.82, 2.24) is 0 Å². The van der Waals surface area contributed by atoms with Crippen LogP contribution in [0.2, 0.25) is 0 Å². The van der Waals surface area contributed by atoms with Gasteiger partial charge in [-0.1, -0.05) is 0 Å². The molecule has 200 valence electrons. The second-order valence-electron chi connectivity index (χ2n) is 8.38. The van der Waals surface area contributed by atoms with Crippen molar-refractivity contribution in [2.45, 2.75) is 92.1 Å². The lowest BCUT2D eigenvalue weighted by molar-refractivity contribution is -0.381. The van der Waals surface area contributed by atoms with Gasteiger partial charge in [0, 0.05) is 0 Å². The normalized spacial score (nSPS) is 52.5. The first kappa shape index (κ1) is 27.9. The number of hydrogen-bond donors (Lipinski definition) is 11. The van der Waals surface area contributed by atoms with Crippen LogP contribution < -0.4 is 0 Å². The predicted octanol–water partition coefficient (Wildman–Crippen LogP) is -7.57. The van der Waals surface area contributed by atoms with Crippen LogP contribution in [0.5, 0.6) is 0 Å². The lowest BCUT2D eigenvalue weighted by atomic mass is 9.98. The number of ether oxygens (including phenoxy) is 5. The first-order chi connectivity index (χ1) is 16.0. The zero-order valence-electron chi connectivity index (χ0n) is 17.7. The Morgan fingerprint density at radius 2 is 0.794 bits per heavy atom. The summed E-state index contributed by atoms with van der Waals surface area (Å²) in [5, 5.41) is 109. The first-order valence-electron chi connectivity index (χ1n) is 10.6. The van der Waals surface area contributed by atoms with Crippen LogP contribution in [0.25, 0.3) is 0 Å². The first-order valence-corrected chi connectivity index (χ1v) is 10.6. The summed E-state index contributed by atoms with van der Waals surface area (Å²) in [6, 6.07) is 0. The van der Waals surface area contributed by atoms with Gasteiger partial charge in [-0.3, -0.25) is 0 Å². The molecule has 0 bridgehead atoms. The van der Waals surface area contributed by atoms with Crippen molar-refractivity contribution >= 4 is 0 Å². The van der Waals surface area contributed by atoms with Gasteiger partial charge in [-0.2, -0.15) is 0 Å². The molecule has 0 aliphatic carbocycles. The zero-order chi connectivity index (χ0) is 25.3. The van der Waals surface area contributed by atoms with Crippen LogP contribution in [0.3, 0.4) is 0 Å². The zero-order valence-corrected chi connectivity index (χ0v) is 17.7. The second kappa shape index (κ2) is 11.6. The molecule has 0 aromatic carbocycles. The molecule has 0 radical (unpaired) electrons. The van der Waals surface area contributed by atoms with E-state index >= 15 is 0 Å². The molecule has 16 heteroatoms. The molecule has 0 aromatic rings. The summed E-state index contributed by atoms with van der Waals surface area (Å²) in [6.45, 7) is -2.05. The van der Waals surface area contributed by atoms with E-state index in [1.165, 1.54) is 0 Å². The van der Waals surface area contributed by atoms with Gasteiger partial charge in [0.1, 0.15) is 73.2 Å². The van der Waals surface area contributed by atoms with E-state index in [0.717, 1.165) is 0 Å². The minimum atomic E-state index is -1.87. The largest absolute Gasteiger partial charge is 0.394 e. The van der Waals surface area contributed by atoms with E-state index in [1.807, 2.05) is 0 Å². The molecule has 3 rings (SSSR count). The molecular weight excluding hydrogens is 472 g/mol. The van der Waals surface area contributed by atoms with Crippen molar-refractivity contribution in [3.8, 4) is 0 Å². The van der Waals surface area contributed by atoms with Crippen LogP contribution in [-0.4, -0.2) is 168 Å². The minimum absolute atomic E-state index is 0.609. The van der Waals surface area contributed by atoms with Gasteiger partial charge in [0.05, 0.1) is 19.8 Å². The van der Waals surface area contributed by atoms with Crippen molar-refractivity contribution < 1.29 is 79.9 Å². The third-order valence-corrected chi connectivity index (χ3v) is 6.06. The van der Waals surface area contributed by atoms with Crippen LogP contribution >= 0.6 is 0 Å². The molecule has 11 N–H and O–H groups in total. The van der Waals surface area contributed by atoms with E-state index < -0.39 is 112 Å². The molecule has 0 aromatic heterocycles. The average Bonchev–Trinajstić information content (AvgIpc) is 2.83. The Bertz CT molecular complexity index is 635. The number of rotatable bonds is 7. The number of hydrogen-bond acceptors (Lipinski definition) is 16. The highest BCUT2D eigenvalue weighted by Crippen LogP contribution is 2.29. The molecule has 3 aliphatic rings. The van der Waals surface area contributed by atoms with Gasteiger partial charge in [-0.05, 0) is 0 Å². The van der Waals surface area contributed by atoms with Crippen molar-refractivity contribution in [1.29, 1.82) is 0 Å². The summed E-state index contributed by atoms with van der Waals surface area (Å²) >= 11 is 0. The van der Waals surface area contributed by atoms with E-state index in [9.17, 15) is 56.2 Å². The lowest BCUT2D eigenvalue weighted by Crippen LogP contribution is -2.64. The van der Waals surface area contributed by atoms with Gasteiger partial charge in [0.2, 0.25) is 0 Å². The van der Waals surface area contributed by atoms with Crippen LogP contribution in [0.4, 0.5) is 0 Å². The molecule has 3 fully saturated rings. The molecule has 0 spiro atoms. The number of aliphatic hydroxyl groups excluding tert-OH is 11.